The van der Waals surface area contributed by atoms with E-state index in [1.807, 2.05) is 18.2 Å². The molecule has 1 atom stereocenters. The number of rotatable bonds is 2. The minimum Gasteiger partial charge on any atom is -0.460 e. The fourth-order valence-electron chi connectivity index (χ4n) is 3.37. The van der Waals surface area contributed by atoms with Crippen molar-refractivity contribution in [3.8, 4) is 11.3 Å². The lowest BCUT2D eigenvalue weighted by Crippen LogP contribution is -2.38. The van der Waals surface area contributed by atoms with E-state index in [4.69, 9.17) is 20.8 Å². The van der Waals surface area contributed by atoms with Gasteiger partial charge in [0.2, 0.25) is 5.91 Å². The van der Waals surface area contributed by atoms with Crippen LogP contribution in [0.1, 0.15) is 31.9 Å². The fourth-order valence-corrected chi connectivity index (χ4v) is 3.59. The maximum Gasteiger partial charge on any atom is 0.337 e. The summed E-state index contributed by atoms with van der Waals surface area (Å²) < 4.78 is 11.4. The van der Waals surface area contributed by atoms with Crippen molar-refractivity contribution in [2.24, 2.45) is 0 Å². The van der Waals surface area contributed by atoms with Gasteiger partial charge in [0.25, 0.3) is 0 Å². The molecule has 1 amide bonds. The van der Waals surface area contributed by atoms with E-state index in [1.165, 1.54) is 0 Å². The van der Waals surface area contributed by atoms with Crippen LogP contribution in [0.15, 0.2) is 52.1 Å². The lowest BCUT2D eigenvalue weighted by Gasteiger charge is -2.26. The Labute approximate surface area is 149 Å². The van der Waals surface area contributed by atoms with Crippen molar-refractivity contribution in [2.75, 3.05) is 0 Å². The van der Waals surface area contributed by atoms with E-state index in [2.05, 4.69) is 5.32 Å². The Bertz CT molecular complexity index is 925. The molecule has 1 aromatic carbocycles. The van der Waals surface area contributed by atoms with Gasteiger partial charge in [0.15, 0.2) is 0 Å². The summed E-state index contributed by atoms with van der Waals surface area (Å²) in [4.78, 5) is 24.5. The van der Waals surface area contributed by atoms with Crippen molar-refractivity contribution < 1.29 is 18.7 Å². The number of benzene rings is 1. The number of carbonyl (C=O) groups excluding carboxylic acids is 2. The zero-order valence-electron chi connectivity index (χ0n) is 13.8. The van der Waals surface area contributed by atoms with Crippen molar-refractivity contribution in [3.05, 3.63) is 58.5 Å². The molecule has 5 nitrogen and oxygen atoms in total. The first-order chi connectivity index (χ1) is 11.9. The zero-order valence-corrected chi connectivity index (χ0v) is 14.5. The second kappa shape index (κ2) is 5.49. The molecule has 2 aliphatic rings. The summed E-state index contributed by atoms with van der Waals surface area (Å²) >= 11 is 6.22. The molecule has 0 bridgehead atoms. The van der Waals surface area contributed by atoms with Crippen molar-refractivity contribution >= 4 is 23.5 Å². The Morgan fingerprint density at radius 3 is 2.68 bits per heavy atom. The highest BCUT2D eigenvalue weighted by atomic mass is 35.5. The molecule has 0 fully saturated rings. The molecule has 0 unspecified atom stereocenters. The number of hydrogen-bond acceptors (Lipinski definition) is 4. The Morgan fingerprint density at radius 1 is 1.16 bits per heavy atom. The van der Waals surface area contributed by atoms with Crippen molar-refractivity contribution in [1.82, 2.24) is 5.32 Å². The third kappa shape index (κ3) is 2.55. The highest BCUT2D eigenvalue weighted by molar-refractivity contribution is 6.33. The topological polar surface area (TPSA) is 68.5 Å². The van der Waals surface area contributed by atoms with Crippen LogP contribution < -0.4 is 5.32 Å². The minimum absolute atomic E-state index is 0.138. The molecule has 6 heteroatoms. The van der Waals surface area contributed by atoms with Gasteiger partial charge in [0.1, 0.15) is 17.1 Å². The number of carbonyl (C=O) groups is 2. The van der Waals surface area contributed by atoms with Crippen LogP contribution in [-0.2, 0) is 14.3 Å². The van der Waals surface area contributed by atoms with Crippen LogP contribution >= 0.6 is 11.6 Å². The smallest absolute Gasteiger partial charge is 0.337 e. The fraction of sp³-hybridized carbons (Fsp3) is 0.263. The van der Waals surface area contributed by atoms with E-state index in [-0.39, 0.29) is 12.3 Å². The molecule has 0 saturated carbocycles. The van der Waals surface area contributed by atoms with Gasteiger partial charge in [-0.3, -0.25) is 4.79 Å². The molecule has 0 radical (unpaired) electrons. The van der Waals surface area contributed by atoms with Gasteiger partial charge in [-0.1, -0.05) is 23.7 Å². The molecule has 1 N–H and O–H groups in total. The van der Waals surface area contributed by atoms with Gasteiger partial charge in [0, 0.05) is 12.0 Å². The van der Waals surface area contributed by atoms with Crippen LogP contribution in [0.5, 0.6) is 0 Å². The lowest BCUT2D eigenvalue weighted by atomic mass is 9.86. The molecule has 25 heavy (non-hydrogen) atoms. The highest BCUT2D eigenvalue weighted by Crippen LogP contribution is 2.43. The number of cyclic esters (lactones) is 1. The zero-order chi connectivity index (χ0) is 17.8. The van der Waals surface area contributed by atoms with E-state index in [1.54, 1.807) is 32.0 Å². The van der Waals surface area contributed by atoms with Crippen molar-refractivity contribution in [1.29, 1.82) is 0 Å². The predicted octanol–water partition coefficient (Wildman–Crippen LogP) is 3.79. The number of nitrogens with one attached hydrogen (secondary N) is 1. The van der Waals surface area contributed by atoms with E-state index < -0.39 is 17.5 Å². The van der Waals surface area contributed by atoms with E-state index >= 15 is 0 Å². The quantitative estimate of drug-likeness (QED) is 0.830. The molecule has 2 aromatic rings. The first-order valence-corrected chi connectivity index (χ1v) is 8.37. The Balaban J connectivity index is 1.77. The average Bonchev–Trinajstić information content (AvgIpc) is 3.11. The van der Waals surface area contributed by atoms with Gasteiger partial charge in [0.05, 0.1) is 22.2 Å². The summed E-state index contributed by atoms with van der Waals surface area (Å²) in [7, 11) is 0. The van der Waals surface area contributed by atoms with E-state index in [0.29, 0.717) is 27.8 Å². The number of esters is 1. The second-order valence-electron chi connectivity index (χ2n) is 6.68. The number of hydrogen-bond donors (Lipinski definition) is 1. The predicted molar refractivity (Wildman–Crippen MR) is 91.9 cm³/mol. The molecule has 3 heterocycles. The van der Waals surface area contributed by atoms with Crippen LogP contribution in [0, 0.1) is 0 Å². The van der Waals surface area contributed by atoms with Crippen LogP contribution in [-0.4, -0.2) is 17.5 Å². The summed E-state index contributed by atoms with van der Waals surface area (Å²) in [6.45, 7) is 3.51. The van der Waals surface area contributed by atoms with E-state index in [0.717, 1.165) is 5.56 Å². The lowest BCUT2D eigenvalue weighted by molar-refractivity contribution is -0.144. The molecular weight excluding hydrogens is 342 g/mol. The molecule has 0 saturated heterocycles. The molecule has 4 rings (SSSR count). The Hall–Kier alpha value is -2.53. The highest BCUT2D eigenvalue weighted by Gasteiger charge is 2.48. The maximum absolute atomic E-state index is 12.4. The molecule has 0 spiro atoms. The van der Waals surface area contributed by atoms with E-state index in [9.17, 15) is 9.59 Å². The van der Waals surface area contributed by atoms with Crippen LogP contribution in [0.25, 0.3) is 11.3 Å². The van der Waals surface area contributed by atoms with Crippen LogP contribution in [0.2, 0.25) is 5.02 Å². The standard InChI is InChI=1S/C19H16ClNO4/c1-19(2)17-16(18(23)25-19)11(9-15(22)21-17)14-8-7-13(24-14)10-5-3-4-6-12(10)20/h3-8,11H,9H2,1-2H3,(H,21,22)/t11-/m1/s1. The number of amides is 1. The molecule has 1 aromatic heterocycles. The summed E-state index contributed by atoms with van der Waals surface area (Å²) in [5.41, 5.74) is 0.900. The van der Waals surface area contributed by atoms with Gasteiger partial charge in [-0.2, -0.15) is 0 Å². The summed E-state index contributed by atoms with van der Waals surface area (Å²) in [5, 5.41) is 3.35. The first-order valence-electron chi connectivity index (χ1n) is 7.99. The van der Waals surface area contributed by atoms with Gasteiger partial charge in [-0.05, 0) is 38.1 Å². The van der Waals surface area contributed by atoms with Crippen molar-refractivity contribution in [3.63, 3.8) is 0 Å². The first kappa shape index (κ1) is 16.0. The Morgan fingerprint density at radius 2 is 1.92 bits per heavy atom. The average molecular weight is 358 g/mol. The molecule has 128 valence electrons. The number of halogens is 1. The molecular formula is C19H16ClNO4. The summed E-state index contributed by atoms with van der Waals surface area (Å²) in [6, 6.07) is 10.9. The molecule has 2 aliphatic heterocycles. The van der Waals surface area contributed by atoms with Gasteiger partial charge >= 0.3 is 5.97 Å². The van der Waals surface area contributed by atoms with Gasteiger partial charge in [-0.25, -0.2) is 4.79 Å². The monoisotopic (exact) mass is 357 g/mol. The summed E-state index contributed by atoms with van der Waals surface area (Å²) in [6.07, 6.45) is 0.138. The molecule has 0 aliphatic carbocycles. The number of ether oxygens (including phenoxy) is 1. The second-order valence-corrected chi connectivity index (χ2v) is 7.08. The van der Waals surface area contributed by atoms with Crippen molar-refractivity contribution in [2.45, 2.75) is 31.8 Å². The minimum atomic E-state index is -0.848. The maximum atomic E-state index is 12.4. The summed E-state index contributed by atoms with van der Waals surface area (Å²) in [5.74, 6) is 0.104. The van der Waals surface area contributed by atoms with Gasteiger partial charge in [-0.15, -0.1) is 0 Å². The van der Waals surface area contributed by atoms with Crippen LogP contribution in [0.4, 0.5) is 0 Å². The van der Waals surface area contributed by atoms with Gasteiger partial charge < -0.3 is 14.5 Å². The number of furan rings is 1. The largest absolute Gasteiger partial charge is 0.460 e. The third-order valence-corrected chi connectivity index (χ3v) is 4.88. The Kier molecular flexibility index (Phi) is 3.51. The van der Waals surface area contributed by atoms with Crippen LogP contribution in [0.3, 0.4) is 0 Å². The third-order valence-electron chi connectivity index (χ3n) is 4.55. The SMILES string of the molecule is CC1(C)OC(=O)C2=C1NC(=O)C[C@@H]2c1ccc(-c2ccccc2Cl)o1. The normalized spacial score (nSPS) is 21.8.